The van der Waals surface area contributed by atoms with Crippen molar-refractivity contribution in [3.05, 3.63) is 42.0 Å². The molecule has 0 aliphatic rings. The lowest BCUT2D eigenvalue weighted by molar-refractivity contribution is 0.147. The largest absolute Gasteiger partial charge is 0.382 e. The Morgan fingerprint density at radius 1 is 1.40 bits per heavy atom. The third-order valence-electron chi connectivity index (χ3n) is 2.96. The molecule has 0 atom stereocenters. The van der Waals surface area contributed by atoms with Gasteiger partial charge < -0.3 is 10.1 Å². The van der Waals surface area contributed by atoms with E-state index in [0.717, 1.165) is 25.1 Å². The number of anilines is 1. The quantitative estimate of drug-likeness (QED) is 0.790. The molecule has 2 aromatic rings. The number of rotatable bonds is 7. The number of benzene rings is 1. The van der Waals surface area contributed by atoms with E-state index in [9.17, 15) is 4.39 Å². The maximum atomic E-state index is 14.0. The Kier molecular flexibility index (Phi) is 5.12. The fourth-order valence-electron chi connectivity index (χ4n) is 1.95. The molecule has 1 heterocycles. The summed E-state index contributed by atoms with van der Waals surface area (Å²) in [5, 5.41) is 3.20. The van der Waals surface area contributed by atoms with Crippen LogP contribution in [0.2, 0.25) is 0 Å². The third kappa shape index (κ3) is 3.57. The summed E-state index contributed by atoms with van der Waals surface area (Å²) in [5.74, 6) is 0.393. The standard InChI is InChI=1S/C15H20FN3O/c1-3-20-10-4-7-17-15-18-8-9-19(15)14-6-5-12(2)11-13(14)16/h5-6,8-9,11H,3-4,7,10H2,1-2H3,(H,17,18). The molecule has 0 saturated heterocycles. The molecule has 0 aliphatic carbocycles. The molecule has 0 radical (unpaired) electrons. The molecule has 1 N–H and O–H groups in total. The van der Waals surface area contributed by atoms with Gasteiger partial charge in [0.15, 0.2) is 0 Å². The van der Waals surface area contributed by atoms with Crippen molar-refractivity contribution in [1.29, 1.82) is 0 Å². The van der Waals surface area contributed by atoms with E-state index in [1.54, 1.807) is 23.0 Å². The van der Waals surface area contributed by atoms with Crippen molar-refractivity contribution in [1.82, 2.24) is 9.55 Å². The minimum atomic E-state index is -0.250. The number of nitrogens with zero attached hydrogens (tertiary/aromatic N) is 2. The summed E-state index contributed by atoms with van der Waals surface area (Å²) >= 11 is 0. The molecule has 0 spiro atoms. The maximum Gasteiger partial charge on any atom is 0.207 e. The molecule has 0 amide bonds. The van der Waals surface area contributed by atoms with Gasteiger partial charge in [-0.2, -0.15) is 0 Å². The van der Waals surface area contributed by atoms with Gasteiger partial charge in [-0.15, -0.1) is 0 Å². The summed E-state index contributed by atoms with van der Waals surface area (Å²) in [6.45, 7) is 6.02. The summed E-state index contributed by atoms with van der Waals surface area (Å²) in [5.41, 5.74) is 1.40. The molecule has 2 rings (SSSR count). The molecule has 1 aromatic carbocycles. The van der Waals surface area contributed by atoms with Crippen LogP contribution in [0.4, 0.5) is 10.3 Å². The van der Waals surface area contributed by atoms with Crippen molar-refractivity contribution in [3.63, 3.8) is 0 Å². The van der Waals surface area contributed by atoms with Crippen LogP contribution in [0.25, 0.3) is 5.69 Å². The SMILES string of the molecule is CCOCCCNc1nccn1-c1ccc(C)cc1F. The molecule has 0 aliphatic heterocycles. The molecule has 5 heteroatoms. The lowest BCUT2D eigenvalue weighted by atomic mass is 10.2. The highest BCUT2D eigenvalue weighted by atomic mass is 19.1. The summed E-state index contributed by atoms with van der Waals surface area (Å²) in [4.78, 5) is 4.22. The summed E-state index contributed by atoms with van der Waals surface area (Å²) < 4.78 is 21.0. The van der Waals surface area contributed by atoms with Gasteiger partial charge in [0.25, 0.3) is 0 Å². The topological polar surface area (TPSA) is 39.1 Å². The molecule has 108 valence electrons. The van der Waals surface area contributed by atoms with Crippen LogP contribution in [0.1, 0.15) is 18.9 Å². The second-order valence-corrected chi connectivity index (χ2v) is 4.55. The van der Waals surface area contributed by atoms with Crippen LogP contribution in [-0.2, 0) is 4.74 Å². The predicted octanol–water partition coefficient (Wildman–Crippen LogP) is 3.16. The average molecular weight is 277 g/mol. The van der Waals surface area contributed by atoms with E-state index in [2.05, 4.69) is 10.3 Å². The first-order chi connectivity index (χ1) is 9.72. The van der Waals surface area contributed by atoms with Crippen molar-refractivity contribution in [2.24, 2.45) is 0 Å². The van der Waals surface area contributed by atoms with Crippen LogP contribution in [-0.4, -0.2) is 29.3 Å². The number of hydrogen-bond acceptors (Lipinski definition) is 3. The zero-order valence-corrected chi connectivity index (χ0v) is 11.9. The Morgan fingerprint density at radius 2 is 2.25 bits per heavy atom. The highest BCUT2D eigenvalue weighted by molar-refractivity contribution is 5.43. The van der Waals surface area contributed by atoms with Crippen molar-refractivity contribution in [3.8, 4) is 5.69 Å². The molecule has 0 bridgehead atoms. The maximum absolute atomic E-state index is 14.0. The highest BCUT2D eigenvalue weighted by Gasteiger charge is 2.09. The summed E-state index contributed by atoms with van der Waals surface area (Å²) in [7, 11) is 0. The first kappa shape index (κ1) is 14.5. The Bertz CT molecular complexity index is 554. The number of imidazole rings is 1. The first-order valence-electron chi connectivity index (χ1n) is 6.84. The molecule has 0 fully saturated rings. The summed E-state index contributed by atoms with van der Waals surface area (Å²) in [6, 6.07) is 5.17. The van der Waals surface area contributed by atoms with Gasteiger partial charge in [0.1, 0.15) is 5.82 Å². The van der Waals surface area contributed by atoms with Crippen LogP contribution >= 0.6 is 0 Å². The lowest BCUT2D eigenvalue weighted by Gasteiger charge is -2.11. The van der Waals surface area contributed by atoms with Crippen LogP contribution < -0.4 is 5.32 Å². The highest BCUT2D eigenvalue weighted by Crippen LogP contribution is 2.18. The minimum absolute atomic E-state index is 0.250. The zero-order chi connectivity index (χ0) is 14.4. The van der Waals surface area contributed by atoms with Gasteiger partial charge in [0.2, 0.25) is 5.95 Å². The Hall–Kier alpha value is -1.88. The number of ether oxygens (including phenoxy) is 1. The van der Waals surface area contributed by atoms with Crippen molar-refractivity contribution >= 4 is 5.95 Å². The Morgan fingerprint density at radius 3 is 3.00 bits per heavy atom. The number of hydrogen-bond donors (Lipinski definition) is 1. The zero-order valence-electron chi connectivity index (χ0n) is 11.9. The molecule has 1 aromatic heterocycles. The third-order valence-corrected chi connectivity index (χ3v) is 2.96. The fourth-order valence-corrected chi connectivity index (χ4v) is 1.95. The Labute approximate surface area is 118 Å². The van der Waals surface area contributed by atoms with Crippen molar-refractivity contribution < 1.29 is 9.13 Å². The lowest BCUT2D eigenvalue weighted by Crippen LogP contribution is -2.10. The summed E-state index contributed by atoms with van der Waals surface area (Å²) in [6.07, 6.45) is 4.29. The van der Waals surface area contributed by atoms with E-state index in [4.69, 9.17) is 4.74 Å². The van der Waals surface area contributed by atoms with Gasteiger partial charge in [-0.25, -0.2) is 9.37 Å². The normalized spacial score (nSPS) is 10.8. The van der Waals surface area contributed by atoms with Gasteiger partial charge in [0.05, 0.1) is 5.69 Å². The number of aromatic nitrogens is 2. The number of aryl methyl sites for hydroxylation is 1. The second-order valence-electron chi connectivity index (χ2n) is 4.55. The van der Waals surface area contributed by atoms with Crippen molar-refractivity contribution in [2.45, 2.75) is 20.3 Å². The second kappa shape index (κ2) is 7.05. The van der Waals surface area contributed by atoms with E-state index in [-0.39, 0.29) is 5.82 Å². The average Bonchev–Trinajstić information content (AvgIpc) is 2.87. The minimum Gasteiger partial charge on any atom is -0.382 e. The van der Waals surface area contributed by atoms with E-state index in [1.165, 1.54) is 6.07 Å². The van der Waals surface area contributed by atoms with Gasteiger partial charge in [-0.1, -0.05) is 6.07 Å². The smallest absolute Gasteiger partial charge is 0.207 e. The van der Waals surface area contributed by atoms with Crippen LogP contribution in [0.15, 0.2) is 30.6 Å². The monoisotopic (exact) mass is 277 g/mol. The molecular formula is C15H20FN3O. The van der Waals surface area contributed by atoms with E-state index in [0.29, 0.717) is 18.2 Å². The molecule has 0 saturated carbocycles. The van der Waals surface area contributed by atoms with Gasteiger partial charge in [0, 0.05) is 32.2 Å². The first-order valence-corrected chi connectivity index (χ1v) is 6.84. The Balaban J connectivity index is 2.04. The molecule has 0 unspecified atom stereocenters. The van der Waals surface area contributed by atoms with Crippen LogP contribution in [0.3, 0.4) is 0 Å². The van der Waals surface area contributed by atoms with Crippen LogP contribution in [0.5, 0.6) is 0 Å². The van der Waals surface area contributed by atoms with Gasteiger partial charge in [-0.3, -0.25) is 4.57 Å². The molecule has 20 heavy (non-hydrogen) atoms. The number of halogens is 1. The van der Waals surface area contributed by atoms with E-state index >= 15 is 0 Å². The number of nitrogens with one attached hydrogen (secondary N) is 1. The van der Waals surface area contributed by atoms with E-state index in [1.807, 2.05) is 19.9 Å². The fraction of sp³-hybridized carbons (Fsp3) is 0.400. The predicted molar refractivity (Wildman–Crippen MR) is 77.9 cm³/mol. The van der Waals surface area contributed by atoms with Crippen LogP contribution in [0, 0.1) is 12.7 Å². The van der Waals surface area contributed by atoms with Gasteiger partial charge in [-0.05, 0) is 38.0 Å². The molecular weight excluding hydrogens is 257 g/mol. The molecule has 4 nitrogen and oxygen atoms in total. The van der Waals surface area contributed by atoms with Gasteiger partial charge >= 0.3 is 0 Å². The van der Waals surface area contributed by atoms with E-state index < -0.39 is 0 Å². The van der Waals surface area contributed by atoms with Crippen molar-refractivity contribution in [2.75, 3.05) is 25.1 Å².